The molecule has 1 N–H and O–H groups in total. The molecule has 1 aliphatic heterocycles. The van der Waals surface area contributed by atoms with Gasteiger partial charge in [0.2, 0.25) is 0 Å². The minimum Gasteiger partial charge on any atom is -0.388 e. The van der Waals surface area contributed by atoms with Gasteiger partial charge in [0.1, 0.15) is 0 Å². The second-order valence-corrected chi connectivity index (χ2v) is 4.81. The van der Waals surface area contributed by atoms with Crippen LogP contribution < -0.4 is 5.32 Å². The number of allylic oxidation sites excluding steroid dienone is 4. The topological polar surface area (TPSA) is 12.0 Å². The predicted octanol–water partition coefficient (Wildman–Crippen LogP) is 3.78. The monoisotopic (exact) mass is 205 g/mol. The number of hydrogen-bond donors (Lipinski definition) is 1. The van der Waals surface area contributed by atoms with Crippen molar-refractivity contribution in [2.24, 2.45) is 5.92 Å². The first-order chi connectivity index (χ1) is 7.47. The fourth-order valence-electron chi connectivity index (χ4n) is 2.64. The summed E-state index contributed by atoms with van der Waals surface area (Å²) in [6, 6.07) is 0. The Morgan fingerprint density at radius 3 is 2.87 bits per heavy atom. The van der Waals surface area contributed by atoms with E-state index in [1.807, 2.05) is 0 Å². The zero-order valence-electron chi connectivity index (χ0n) is 9.67. The van der Waals surface area contributed by atoms with E-state index in [1.54, 1.807) is 0 Å². The molecule has 0 aromatic carbocycles. The molecule has 1 heteroatoms. The van der Waals surface area contributed by atoms with Crippen LogP contribution in [0.5, 0.6) is 0 Å². The van der Waals surface area contributed by atoms with Gasteiger partial charge in [-0.1, -0.05) is 37.8 Å². The Bertz CT molecular complexity index is 240. The van der Waals surface area contributed by atoms with Crippen molar-refractivity contribution in [3.8, 4) is 0 Å². The van der Waals surface area contributed by atoms with Crippen LogP contribution in [0.1, 0.15) is 51.4 Å². The van der Waals surface area contributed by atoms with Crippen molar-refractivity contribution in [2.45, 2.75) is 51.4 Å². The largest absolute Gasteiger partial charge is 0.388 e. The molecule has 2 rings (SSSR count). The number of fused-ring (bicyclic) bond motifs is 1. The van der Waals surface area contributed by atoms with Crippen molar-refractivity contribution >= 4 is 0 Å². The van der Waals surface area contributed by atoms with Crippen molar-refractivity contribution in [2.75, 3.05) is 6.54 Å². The molecular weight excluding hydrogens is 182 g/mol. The standard InChI is InChI=1S/C14H23N/c1-2-4-6-8-10-14-13(11-12-15-14)9-7-5-3-1/h6,8,10,13,15H,1-5,7,9,11-12H2/b8-6-,14-10+. The molecule has 0 bridgehead atoms. The summed E-state index contributed by atoms with van der Waals surface area (Å²) in [4.78, 5) is 0. The summed E-state index contributed by atoms with van der Waals surface area (Å²) in [5, 5.41) is 3.52. The molecule has 1 saturated heterocycles. The van der Waals surface area contributed by atoms with Gasteiger partial charge in [-0.3, -0.25) is 0 Å². The van der Waals surface area contributed by atoms with E-state index in [0.29, 0.717) is 0 Å². The summed E-state index contributed by atoms with van der Waals surface area (Å²) in [6.45, 7) is 1.18. The van der Waals surface area contributed by atoms with E-state index in [2.05, 4.69) is 23.5 Å². The van der Waals surface area contributed by atoms with Crippen molar-refractivity contribution in [3.05, 3.63) is 23.9 Å². The van der Waals surface area contributed by atoms with Gasteiger partial charge in [-0.15, -0.1) is 0 Å². The maximum atomic E-state index is 3.52. The highest BCUT2D eigenvalue weighted by Gasteiger charge is 2.18. The zero-order chi connectivity index (χ0) is 10.3. The molecule has 15 heavy (non-hydrogen) atoms. The molecule has 0 saturated carbocycles. The molecule has 1 unspecified atom stereocenters. The number of rotatable bonds is 0. The third-order valence-corrected chi connectivity index (χ3v) is 3.60. The Balaban J connectivity index is 1.95. The number of hydrogen-bond acceptors (Lipinski definition) is 1. The van der Waals surface area contributed by atoms with E-state index < -0.39 is 0 Å². The van der Waals surface area contributed by atoms with Crippen molar-refractivity contribution in [1.82, 2.24) is 5.32 Å². The van der Waals surface area contributed by atoms with Gasteiger partial charge in [-0.25, -0.2) is 0 Å². The first kappa shape index (κ1) is 10.8. The predicted molar refractivity (Wildman–Crippen MR) is 65.7 cm³/mol. The summed E-state index contributed by atoms with van der Waals surface area (Å²) in [7, 11) is 0. The van der Waals surface area contributed by atoms with Crippen LogP contribution in [0.15, 0.2) is 23.9 Å². The number of nitrogens with one attached hydrogen (secondary N) is 1. The Hall–Kier alpha value is -0.720. The maximum absolute atomic E-state index is 3.52. The lowest BCUT2D eigenvalue weighted by atomic mass is 9.96. The minimum absolute atomic E-state index is 0.828. The van der Waals surface area contributed by atoms with Crippen LogP contribution in [0.25, 0.3) is 0 Å². The molecule has 1 aliphatic carbocycles. The van der Waals surface area contributed by atoms with Gasteiger partial charge in [0.25, 0.3) is 0 Å². The van der Waals surface area contributed by atoms with E-state index in [1.165, 1.54) is 63.6 Å². The summed E-state index contributed by atoms with van der Waals surface area (Å²) in [5.41, 5.74) is 1.49. The van der Waals surface area contributed by atoms with Crippen LogP contribution in [-0.2, 0) is 0 Å². The molecule has 0 aromatic heterocycles. The van der Waals surface area contributed by atoms with Crippen LogP contribution in [0.4, 0.5) is 0 Å². The average Bonchev–Trinajstić information content (AvgIpc) is 2.65. The SMILES string of the molecule is C1=C\CCCCCCCC2CCN/C2=C/1. The van der Waals surface area contributed by atoms with E-state index >= 15 is 0 Å². The molecule has 1 heterocycles. The highest BCUT2D eigenvalue weighted by Crippen LogP contribution is 2.25. The minimum atomic E-state index is 0.828. The van der Waals surface area contributed by atoms with Crippen LogP contribution in [0.3, 0.4) is 0 Å². The molecule has 2 aliphatic rings. The van der Waals surface area contributed by atoms with E-state index in [0.717, 1.165) is 5.92 Å². The summed E-state index contributed by atoms with van der Waals surface area (Å²) >= 11 is 0. The molecule has 0 spiro atoms. The molecular formula is C14H23N. The molecule has 84 valence electrons. The third kappa shape index (κ3) is 3.40. The first-order valence-corrected chi connectivity index (χ1v) is 6.57. The molecule has 1 atom stereocenters. The van der Waals surface area contributed by atoms with Crippen LogP contribution in [0.2, 0.25) is 0 Å². The Kier molecular flexibility index (Phi) is 4.31. The van der Waals surface area contributed by atoms with Gasteiger partial charge in [0, 0.05) is 18.2 Å². The average molecular weight is 205 g/mol. The van der Waals surface area contributed by atoms with Gasteiger partial charge in [0.15, 0.2) is 0 Å². The molecule has 1 nitrogen and oxygen atoms in total. The smallest absolute Gasteiger partial charge is 0.0150 e. The van der Waals surface area contributed by atoms with Crippen molar-refractivity contribution < 1.29 is 0 Å². The van der Waals surface area contributed by atoms with Gasteiger partial charge in [-0.05, 0) is 31.8 Å². The van der Waals surface area contributed by atoms with Gasteiger partial charge >= 0.3 is 0 Å². The lowest BCUT2D eigenvalue weighted by Crippen LogP contribution is -2.06. The normalized spacial score (nSPS) is 33.9. The van der Waals surface area contributed by atoms with Crippen molar-refractivity contribution in [3.63, 3.8) is 0 Å². The van der Waals surface area contributed by atoms with E-state index in [9.17, 15) is 0 Å². The lowest BCUT2D eigenvalue weighted by Gasteiger charge is -2.11. The van der Waals surface area contributed by atoms with Crippen LogP contribution >= 0.6 is 0 Å². The second-order valence-electron chi connectivity index (χ2n) is 4.81. The third-order valence-electron chi connectivity index (χ3n) is 3.60. The maximum Gasteiger partial charge on any atom is 0.0150 e. The Morgan fingerprint density at radius 1 is 1.00 bits per heavy atom. The highest BCUT2D eigenvalue weighted by molar-refractivity contribution is 5.16. The van der Waals surface area contributed by atoms with Crippen LogP contribution in [-0.4, -0.2) is 6.54 Å². The second kappa shape index (κ2) is 5.99. The zero-order valence-corrected chi connectivity index (χ0v) is 9.67. The van der Waals surface area contributed by atoms with Gasteiger partial charge in [0.05, 0.1) is 0 Å². The van der Waals surface area contributed by atoms with Gasteiger partial charge < -0.3 is 5.32 Å². The fourth-order valence-corrected chi connectivity index (χ4v) is 2.64. The fraction of sp³-hybridized carbons (Fsp3) is 0.714. The molecule has 0 amide bonds. The Morgan fingerprint density at radius 2 is 1.87 bits per heavy atom. The van der Waals surface area contributed by atoms with E-state index in [-0.39, 0.29) is 0 Å². The molecule has 0 radical (unpaired) electrons. The van der Waals surface area contributed by atoms with Gasteiger partial charge in [-0.2, -0.15) is 0 Å². The molecule has 1 fully saturated rings. The summed E-state index contributed by atoms with van der Waals surface area (Å²) < 4.78 is 0. The van der Waals surface area contributed by atoms with Crippen LogP contribution in [0, 0.1) is 5.92 Å². The summed E-state index contributed by atoms with van der Waals surface area (Å²) in [5.74, 6) is 0.828. The quantitative estimate of drug-likeness (QED) is 0.634. The Labute approximate surface area is 93.6 Å². The van der Waals surface area contributed by atoms with E-state index in [4.69, 9.17) is 0 Å². The lowest BCUT2D eigenvalue weighted by molar-refractivity contribution is 0.514. The first-order valence-electron chi connectivity index (χ1n) is 6.57. The summed E-state index contributed by atoms with van der Waals surface area (Å²) in [6.07, 6.45) is 18.0. The van der Waals surface area contributed by atoms with Crippen molar-refractivity contribution in [1.29, 1.82) is 0 Å². The highest BCUT2D eigenvalue weighted by atomic mass is 14.9. The molecule has 0 aromatic rings.